The zero-order valence-corrected chi connectivity index (χ0v) is 19.1. The number of nitrogens with one attached hydrogen (secondary N) is 3. The van der Waals surface area contributed by atoms with Crippen molar-refractivity contribution in [3.63, 3.8) is 0 Å². The van der Waals surface area contributed by atoms with Crippen molar-refractivity contribution in [1.82, 2.24) is 15.6 Å². The van der Waals surface area contributed by atoms with Crippen LogP contribution in [0.2, 0.25) is 0 Å². The van der Waals surface area contributed by atoms with Crippen LogP contribution in [0.1, 0.15) is 27.0 Å². The van der Waals surface area contributed by atoms with E-state index in [0.29, 0.717) is 11.3 Å². The fourth-order valence-electron chi connectivity index (χ4n) is 3.05. The van der Waals surface area contributed by atoms with Gasteiger partial charge in [-0.1, -0.05) is 48.5 Å². The molecule has 0 aliphatic carbocycles. The van der Waals surface area contributed by atoms with E-state index in [1.165, 1.54) is 12.1 Å². The van der Waals surface area contributed by atoms with Gasteiger partial charge in [-0.25, -0.2) is 13.1 Å². The number of amides is 2. The molecule has 0 unspecified atom stereocenters. The minimum absolute atomic E-state index is 0.00404. The number of carbonyl (C=O) groups is 2. The summed E-state index contributed by atoms with van der Waals surface area (Å²) in [5, 5.41) is 0. The number of benzene rings is 3. The first-order valence-corrected chi connectivity index (χ1v) is 11.6. The van der Waals surface area contributed by atoms with Gasteiger partial charge in [0.1, 0.15) is 5.75 Å². The van der Waals surface area contributed by atoms with Crippen LogP contribution in [0.4, 0.5) is 0 Å². The van der Waals surface area contributed by atoms with E-state index < -0.39 is 21.8 Å². The largest absolute Gasteiger partial charge is 0.497 e. The van der Waals surface area contributed by atoms with Crippen molar-refractivity contribution >= 4 is 21.8 Å². The Hall–Kier alpha value is -3.69. The Kier molecular flexibility index (Phi) is 7.81. The molecule has 3 aromatic carbocycles. The third kappa shape index (κ3) is 6.64. The molecule has 9 heteroatoms. The van der Waals surface area contributed by atoms with E-state index in [2.05, 4.69) is 15.6 Å². The van der Waals surface area contributed by atoms with Crippen LogP contribution in [0.15, 0.2) is 77.7 Å². The summed E-state index contributed by atoms with van der Waals surface area (Å²) in [7, 11) is -2.30. The summed E-state index contributed by atoms with van der Waals surface area (Å²) >= 11 is 0. The number of hydrogen-bond acceptors (Lipinski definition) is 5. The molecule has 0 aliphatic heterocycles. The predicted octanol–water partition coefficient (Wildman–Crippen LogP) is 2.49. The first-order chi connectivity index (χ1) is 15.8. The fraction of sp³-hybridized carbons (Fsp3) is 0.167. The standard InChI is InChI=1S/C24H25N3O5S/c1-17-8-11-20(15-22(17)33(30,31)25-16-19-6-4-3-5-7-19)24(29)27-26-23(28)14-18-9-12-21(32-2)13-10-18/h3-13,15,25H,14,16H2,1-2H3,(H,26,28)(H,27,29). The minimum Gasteiger partial charge on any atom is -0.497 e. The molecule has 0 saturated carbocycles. The number of hydrogen-bond donors (Lipinski definition) is 3. The summed E-state index contributed by atoms with van der Waals surface area (Å²) in [6, 6.07) is 20.4. The van der Waals surface area contributed by atoms with Gasteiger partial charge >= 0.3 is 0 Å². The predicted molar refractivity (Wildman–Crippen MR) is 124 cm³/mol. The number of ether oxygens (including phenoxy) is 1. The van der Waals surface area contributed by atoms with E-state index in [4.69, 9.17) is 4.74 Å². The lowest BCUT2D eigenvalue weighted by Gasteiger charge is -2.12. The van der Waals surface area contributed by atoms with Crippen molar-refractivity contribution in [1.29, 1.82) is 0 Å². The van der Waals surface area contributed by atoms with Gasteiger partial charge in [0.25, 0.3) is 5.91 Å². The third-order valence-electron chi connectivity index (χ3n) is 4.89. The molecule has 3 aromatic rings. The molecule has 0 spiro atoms. The second-order valence-corrected chi connectivity index (χ2v) is 9.05. The van der Waals surface area contributed by atoms with Gasteiger partial charge in [0, 0.05) is 12.1 Å². The van der Waals surface area contributed by atoms with Crippen molar-refractivity contribution < 1.29 is 22.7 Å². The van der Waals surface area contributed by atoms with Gasteiger partial charge in [-0.2, -0.15) is 0 Å². The molecule has 0 fully saturated rings. The van der Waals surface area contributed by atoms with Crippen molar-refractivity contribution in [2.75, 3.05) is 7.11 Å². The number of methoxy groups -OCH3 is 1. The number of hydrazine groups is 1. The summed E-state index contributed by atoms with van der Waals surface area (Å²) in [6.45, 7) is 1.77. The lowest BCUT2D eigenvalue weighted by molar-refractivity contribution is -0.121. The normalized spacial score (nSPS) is 11.0. The Balaban J connectivity index is 1.62. The van der Waals surface area contributed by atoms with Crippen LogP contribution in [0.3, 0.4) is 0 Å². The van der Waals surface area contributed by atoms with Crippen molar-refractivity contribution in [3.05, 3.63) is 95.1 Å². The maximum atomic E-state index is 12.8. The molecule has 2 amide bonds. The monoisotopic (exact) mass is 467 g/mol. The number of aryl methyl sites for hydroxylation is 1. The van der Waals surface area contributed by atoms with E-state index >= 15 is 0 Å². The zero-order chi connectivity index (χ0) is 23.8. The molecule has 172 valence electrons. The molecular weight excluding hydrogens is 442 g/mol. The third-order valence-corrected chi connectivity index (χ3v) is 6.43. The topological polar surface area (TPSA) is 114 Å². The highest BCUT2D eigenvalue weighted by atomic mass is 32.2. The van der Waals surface area contributed by atoms with Crippen molar-refractivity contribution in [2.45, 2.75) is 24.8 Å². The minimum atomic E-state index is -3.85. The molecule has 33 heavy (non-hydrogen) atoms. The van der Waals surface area contributed by atoms with Gasteiger partial charge in [0.05, 0.1) is 18.4 Å². The van der Waals surface area contributed by atoms with Crippen LogP contribution < -0.4 is 20.3 Å². The van der Waals surface area contributed by atoms with Crippen molar-refractivity contribution in [3.8, 4) is 5.75 Å². The Bertz CT molecular complexity index is 1230. The molecule has 0 aliphatic rings. The Labute approximate surface area is 193 Å². The first-order valence-electron chi connectivity index (χ1n) is 10.1. The van der Waals surface area contributed by atoms with Gasteiger partial charge < -0.3 is 4.74 Å². The van der Waals surface area contributed by atoms with E-state index in [1.54, 1.807) is 44.4 Å². The quantitative estimate of drug-likeness (QED) is 0.441. The molecule has 0 heterocycles. The summed E-state index contributed by atoms with van der Waals surface area (Å²) in [6.07, 6.45) is 0.0568. The Morgan fingerprint density at radius 3 is 2.24 bits per heavy atom. The lowest BCUT2D eigenvalue weighted by atomic mass is 10.1. The maximum absolute atomic E-state index is 12.8. The SMILES string of the molecule is COc1ccc(CC(=O)NNC(=O)c2ccc(C)c(S(=O)(=O)NCc3ccccc3)c2)cc1. The molecule has 8 nitrogen and oxygen atoms in total. The van der Waals surface area contributed by atoms with Crippen LogP contribution in [0, 0.1) is 6.92 Å². The molecule has 3 N–H and O–H groups in total. The number of carbonyl (C=O) groups excluding carboxylic acids is 2. The summed E-state index contributed by atoms with van der Waals surface area (Å²) < 4.78 is 33.2. The Morgan fingerprint density at radius 2 is 1.58 bits per heavy atom. The van der Waals surface area contributed by atoms with E-state index in [-0.39, 0.29) is 23.4 Å². The highest BCUT2D eigenvalue weighted by Crippen LogP contribution is 2.18. The highest BCUT2D eigenvalue weighted by Gasteiger charge is 2.19. The van der Waals surface area contributed by atoms with Crippen LogP contribution in [-0.4, -0.2) is 27.3 Å². The van der Waals surface area contributed by atoms with E-state index in [1.807, 2.05) is 30.3 Å². The molecule has 0 radical (unpaired) electrons. The smallest absolute Gasteiger partial charge is 0.269 e. The zero-order valence-electron chi connectivity index (χ0n) is 18.3. The Morgan fingerprint density at radius 1 is 0.879 bits per heavy atom. The average molecular weight is 468 g/mol. The molecule has 0 saturated heterocycles. The second kappa shape index (κ2) is 10.8. The summed E-state index contributed by atoms with van der Waals surface area (Å²) in [5.74, 6) is -0.369. The van der Waals surface area contributed by atoms with Crippen LogP contribution in [-0.2, 0) is 27.8 Å². The average Bonchev–Trinajstić information content (AvgIpc) is 2.82. The summed E-state index contributed by atoms with van der Waals surface area (Å²) in [5.41, 5.74) is 6.82. The molecule has 3 rings (SSSR count). The lowest BCUT2D eigenvalue weighted by Crippen LogP contribution is -2.42. The van der Waals surface area contributed by atoms with Gasteiger partial charge in [-0.15, -0.1) is 0 Å². The number of sulfonamides is 1. The molecule has 0 atom stereocenters. The molecule has 0 aromatic heterocycles. The fourth-order valence-corrected chi connectivity index (χ4v) is 4.34. The summed E-state index contributed by atoms with van der Waals surface area (Å²) in [4.78, 5) is 24.6. The van der Waals surface area contributed by atoms with Crippen LogP contribution in [0.5, 0.6) is 5.75 Å². The molecular formula is C24H25N3O5S. The number of rotatable bonds is 8. The van der Waals surface area contributed by atoms with E-state index in [9.17, 15) is 18.0 Å². The van der Waals surface area contributed by atoms with E-state index in [0.717, 1.165) is 11.1 Å². The highest BCUT2D eigenvalue weighted by molar-refractivity contribution is 7.89. The van der Waals surface area contributed by atoms with Crippen LogP contribution in [0.25, 0.3) is 0 Å². The van der Waals surface area contributed by atoms with Crippen LogP contribution >= 0.6 is 0 Å². The van der Waals surface area contributed by atoms with Gasteiger partial charge in [-0.05, 0) is 47.9 Å². The van der Waals surface area contributed by atoms with Gasteiger partial charge in [0.15, 0.2) is 0 Å². The first kappa shape index (κ1) is 24.0. The maximum Gasteiger partial charge on any atom is 0.269 e. The second-order valence-electron chi connectivity index (χ2n) is 7.32. The molecule has 0 bridgehead atoms. The van der Waals surface area contributed by atoms with Crippen molar-refractivity contribution in [2.24, 2.45) is 0 Å². The van der Waals surface area contributed by atoms with Gasteiger partial charge in [-0.3, -0.25) is 20.4 Å². The van der Waals surface area contributed by atoms with Gasteiger partial charge in [0.2, 0.25) is 15.9 Å².